The molecular formula is C20H29NO3S. The highest BCUT2D eigenvalue weighted by Crippen LogP contribution is 2.42. The third-order valence-electron chi connectivity index (χ3n) is 6.02. The number of hydrogen-bond donors (Lipinski definition) is 0. The second-order valence-electron chi connectivity index (χ2n) is 9.05. The third kappa shape index (κ3) is 3.72. The van der Waals surface area contributed by atoms with Gasteiger partial charge in [0.1, 0.15) is 11.4 Å². The molecule has 1 saturated carbocycles. The normalized spacial score (nSPS) is 25.5. The van der Waals surface area contributed by atoms with Crippen LogP contribution in [0.2, 0.25) is 0 Å². The molecule has 0 amide bonds. The van der Waals surface area contributed by atoms with Gasteiger partial charge >= 0.3 is 0 Å². The summed E-state index contributed by atoms with van der Waals surface area (Å²) in [7, 11) is -2.76. The van der Waals surface area contributed by atoms with Gasteiger partial charge in [0, 0.05) is 18.5 Å². The van der Waals surface area contributed by atoms with E-state index in [1.165, 1.54) is 24.8 Å². The van der Waals surface area contributed by atoms with Gasteiger partial charge < -0.3 is 4.74 Å². The van der Waals surface area contributed by atoms with Crippen LogP contribution in [0, 0.1) is 5.41 Å². The predicted molar refractivity (Wildman–Crippen MR) is 99.9 cm³/mol. The van der Waals surface area contributed by atoms with E-state index < -0.39 is 9.84 Å². The molecule has 1 aliphatic carbocycles. The van der Waals surface area contributed by atoms with Crippen LogP contribution in [0.4, 0.5) is 0 Å². The fourth-order valence-electron chi connectivity index (χ4n) is 4.73. The summed E-state index contributed by atoms with van der Waals surface area (Å²) < 4.78 is 29.3. The minimum Gasteiger partial charge on any atom is -0.487 e. The summed E-state index contributed by atoms with van der Waals surface area (Å²) in [6.07, 6.45) is 4.99. The molecule has 5 heteroatoms. The molecule has 0 N–H and O–H groups in total. The van der Waals surface area contributed by atoms with Gasteiger partial charge in [0.25, 0.3) is 0 Å². The van der Waals surface area contributed by atoms with Crippen molar-refractivity contribution in [3.05, 3.63) is 29.8 Å². The van der Waals surface area contributed by atoms with Crippen LogP contribution in [0.1, 0.15) is 51.0 Å². The van der Waals surface area contributed by atoms with Crippen molar-refractivity contribution in [1.82, 2.24) is 4.90 Å². The first kappa shape index (κ1) is 17.3. The molecule has 2 aliphatic heterocycles. The van der Waals surface area contributed by atoms with E-state index in [0.717, 1.165) is 37.7 Å². The third-order valence-corrected chi connectivity index (χ3v) is 8.13. The van der Waals surface area contributed by atoms with E-state index in [2.05, 4.69) is 43.0 Å². The van der Waals surface area contributed by atoms with Crippen molar-refractivity contribution in [2.45, 2.75) is 51.0 Å². The van der Waals surface area contributed by atoms with E-state index in [1.807, 2.05) is 0 Å². The second kappa shape index (κ2) is 5.98. The Bertz CT molecular complexity index is 723. The number of hydrogen-bond acceptors (Lipinski definition) is 4. The molecule has 3 fully saturated rings. The van der Waals surface area contributed by atoms with Gasteiger partial charge in [-0.25, -0.2) is 8.42 Å². The molecule has 0 aromatic heterocycles. The molecule has 2 heterocycles. The van der Waals surface area contributed by atoms with Crippen molar-refractivity contribution in [2.24, 2.45) is 5.41 Å². The average Bonchev–Trinajstić information content (AvgIpc) is 2.79. The summed E-state index contributed by atoms with van der Waals surface area (Å²) in [5.41, 5.74) is 1.18. The van der Waals surface area contributed by atoms with Gasteiger partial charge in [0.2, 0.25) is 0 Å². The summed E-state index contributed by atoms with van der Waals surface area (Å²) in [5.74, 6) is 2.43. The number of ether oxygens (including phenoxy) is 1. The SMILES string of the molecule is CC(C)(CN1CCC2(C1)CS(=O)(=O)C2)Oc1ccc(C2CCC2)cc1. The van der Waals surface area contributed by atoms with E-state index in [-0.39, 0.29) is 11.0 Å². The van der Waals surface area contributed by atoms with E-state index >= 15 is 0 Å². The molecule has 0 radical (unpaired) electrons. The lowest BCUT2D eigenvalue weighted by atomic mass is 9.80. The predicted octanol–water partition coefficient (Wildman–Crippen LogP) is 3.23. The molecule has 0 atom stereocenters. The lowest BCUT2D eigenvalue weighted by Gasteiger charge is -2.38. The van der Waals surface area contributed by atoms with Crippen molar-refractivity contribution < 1.29 is 13.2 Å². The summed E-state index contributed by atoms with van der Waals surface area (Å²) in [5, 5.41) is 0. The van der Waals surface area contributed by atoms with Gasteiger partial charge in [-0.05, 0) is 63.3 Å². The van der Waals surface area contributed by atoms with Crippen LogP contribution in [0.25, 0.3) is 0 Å². The zero-order valence-electron chi connectivity index (χ0n) is 15.3. The fourth-order valence-corrected chi connectivity index (χ4v) is 6.98. The maximum atomic E-state index is 11.5. The Morgan fingerprint density at radius 1 is 1.20 bits per heavy atom. The molecule has 25 heavy (non-hydrogen) atoms. The molecule has 1 aromatic carbocycles. The van der Waals surface area contributed by atoms with Crippen LogP contribution in [0.5, 0.6) is 5.75 Å². The van der Waals surface area contributed by atoms with Crippen LogP contribution in [-0.4, -0.2) is 50.1 Å². The first-order valence-corrected chi connectivity index (χ1v) is 11.3. The largest absolute Gasteiger partial charge is 0.487 e. The van der Waals surface area contributed by atoms with Crippen molar-refractivity contribution in [1.29, 1.82) is 0 Å². The van der Waals surface area contributed by atoms with E-state index in [9.17, 15) is 8.42 Å². The van der Waals surface area contributed by atoms with Crippen LogP contribution in [-0.2, 0) is 9.84 Å². The molecule has 0 bridgehead atoms. The standard InChI is InChI=1S/C20H29NO3S/c1-19(2,12-21-11-10-20(13-21)14-25(22,23)15-20)24-18-8-6-17(7-9-18)16-4-3-5-16/h6-9,16H,3-5,10-15H2,1-2H3. The minimum absolute atomic E-state index is 0.0271. The van der Waals surface area contributed by atoms with E-state index in [1.54, 1.807) is 0 Å². The van der Waals surface area contributed by atoms with Crippen LogP contribution < -0.4 is 4.74 Å². The Labute approximate surface area is 151 Å². The first-order valence-electron chi connectivity index (χ1n) is 9.46. The highest BCUT2D eigenvalue weighted by molar-refractivity contribution is 7.92. The molecule has 1 spiro atoms. The monoisotopic (exact) mass is 363 g/mol. The van der Waals surface area contributed by atoms with E-state index in [0.29, 0.717) is 11.5 Å². The first-order chi connectivity index (χ1) is 11.7. The Hall–Kier alpha value is -1.07. The zero-order chi connectivity index (χ0) is 17.7. The lowest BCUT2D eigenvalue weighted by molar-refractivity contribution is 0.0648. The van der Waals surface area contributed by atoms with Crippen LogP contribution >= 0.6 is 0 Å². The molecule has 3 aliphatic rings. The van der Waals surface area contributed by atoms with Crippen molar-refractivity contribution >= 4 is 9.84 Å². The Kier molecular flexibility index (Phi) is 4.15. The number of nitrogens with zero attached hydrogens (tertiary/aromatic N) is 1. The Morgan fingerprint density at radius 3 is 2.44 bits per heavy atom. The maximum absolute atomic E-state index is 11.5. The van der Waals surface area contributed by atoms with Gasteiger partial charge in [-0.3, -0.25) is 4.90 Å². The maximum Gasteiger partial charge on any atom is 0.151 e. The van der Waals surface area contributed by atoms with Gasteiger partial charge in [0.15, 0.2) is 9.84 Å². The molecule has 4 rings (SSSR count). The second-order valence-corrected chi connectivity index (χ2v) is 11.1. The topological polar surface area (TPSA) is 46.6 Å². The number of benzene rings is 1. The summed E-state index contributed by atoms with van der Waals surface area (Å²) in [6.45, 7) is 6.94. The summed E-state index contributed by atoms with van der Waals surface area (Å²) in [4.78, 5) is 2.37. The molecule has 138 valence electrons. The van der Waals surface area contributed by atoms with Crippen molar-refractivity contribution in [3.8, 4) is 5.75 Å². The average molecular weight is 364 g/mol. The zero-order valence-corrected chi connectivity index (χ0v) is 16.1. The highest BCUT2D eigenvalue weighted by atomic mass is 32.2. The summed E-state index contributed by atoms with van der Waals surface area (Å²) in [6, 6.07) is 8.61. The summed E-state index contributed by atoms with van der Waals surface area (Å²) >= 11 is 0. The quantitative estimate of drug-likeness (QED) is 0.806. The van der Waals surface area contributed by atoms with E-state index in [4.69, 9.17) is 4.74 Å². The van der Waals surface area contributed by atoms with Gasteiger partial charge in [-0.2, -0.15) is 0 Å². The molecule has 1 aromatic rings. The highest BCUT2D eigenvalue weighted by Gasteiger charge is 2.52. The van der Waals surface area contributed by atoms with Gasteiger partial charge in [0.05, 0.1) is 11.5 Å². The van der Waals surface area contributed by atoms with Crippen LogP contribution in [0.15, 0.2) is 24.3 Å². The molecular weight excluding hydrogens is 334 g/mol. The number of likely N-dealkylation sites (tertiary alicyclic amines) is 1. The Balaban J connectivity index is 1.32. The number of rotatable bonds is 5. The number of sulfone groups is 1. The van der Waals surface area contributed by atoms with Crippen molar-refractivity contribution in [2.75, 3.05) is 31.1 Å². The fraction of sp³-hybridized carbons (Fsp3) is 0.700. The molecule has 4 nitrogen and oxygen atoms in total. The Morgan fingerprint density at radius 2 is 1.88 bits per heavy atom. The smallest absolute Gasteiger partial charge is 0.151 e. The lowest BCUT2D eigenvalue weighted by Crippen LogP contribution is -2.51. The van der Waals surface area contributed by atoms with Crippen molar-refractivity contribution in [3.63, 3.8) is 0 Å². The van der Waals surface area contributed by atoms with Crippen LogP contribution in [0.3, 0.4) is 0 Å². The minimum atomic E-state index is -2.76. The molecule has 2 saturated heterocycles. The van der Waals surface area contributed by atoms with Gasteiger partial charge in [-0.1, -0.05) is 18.6 Å². The molecule has 0 unspecified atom stereocenters. The van der Waals surface area contributed by atoms with Gasteiger partial charge in [-0.15, -0.1) is 0 Å².